The fraction of sp³-hybridized carbons (Fsp3) is 0.200. The van der Waals surface area contributed by atoms with E-state index in [0.717, 1.165) is 35.5 Å². The summed E-state index contributed by atoms with van der Waals surface area (Å²) in [7, 11) is 1.57. The summed E-state index contributed by atoms with van der Waals surface area (Å²) in [6.45, 7) is -0.0901. The van der Waals surface area contributed by atoms with Gasteiger partial charge in [0, 0.05) is 24.0 Å². The van der Waals surface area contributed by atoms with Gasteiger partial charge >= 0.3 is 6.03 Å². The second-order valence-electron chi connectivity index (χ2n) is 9.53. The molecule has 1 unspecified atom stereocenters. The van der Waals surface area contributed by atoms with E-state index in [1.54, 1.807) is 53.3 Å². The number of carbonyl (C=O) groups is 2. The lowest BCUT2D eigenvalue weighted by Gasteiger charge is -2.39. The van der Waals surface area contributed by atoms with E-state index in [-0.39, 0.29) is 30.3 Å². The SMILES string of the molecule is COc1cccc(NC(=O)N(CC(=O)N2c3ccccc3-n3cccc3C2c2ccc(F)cc2)C2CC2)c1. The number of fused-ring (bicyclic) bond motifs is 3. The number of nitrogens with one attached hydrogen (secondary N) is 1. The summed E-state index contributed by atoms with van der Waals surface area (Å²) in [4.78, 5) is 30.9. The number of halogens is 1. The zero-order chi connectivity index (χ0) is 26.2. The van der Waals surface area contributed by atoms with E-state index in [0.29, 0.717) is 11.4 Å². The van der Waals surface area contributed by atoms with Crippen molar-refractivity contribution in [2.45, 2.75) is 24.9 Å². The summed E-state index contributed by atoms with van der Waals surface area (Å²) < 4.78 is 21.1. The molecule has 192 valence electrons. The zero-order valence-corrected chi connectivity index (χ0v) is 20.9. The highest BCUT2D eigenvalue weighted by atomic mass is 19.1. The van der Waals surface area contributed by atoms with Gasteiger partial charge in [-0.25, -0.2) is 9.18 Å². The summed E-state index contributed by atoms with van der Waals surface area (Å²) in [6.07, 6.45) is 3.66. The number of para-hydroxylation sites is 2. The van der Waals surface area contributed by atoms with Crippen LogP contribution in [0.15, 0.2) is 91.1 Å². The van der Waals surface area contributed by atoms with Crippen molar-refractivity contribution in [1.82, 2.24) is 9.47 Å². The standard InChI is InChI=1S/C30H27FN4O3/c1-38-24-7-4-6-22(18-24)32-30(37)34(23-15-16-23)19-28(36)35-26-9-3-2-8-25(26)33-17-5-10-27(33)29(35)20-11-13-21(31)14-12-20/h2-14,17-18,23,29H,15-16,19H2,1H3,(H,32,37). The molecule has 38 heavy (non-hydrogen) atoms. The quantitative estimate of drug-likeness (QED) is 0.359. The van der Waals surface area contributed by atoms with Crippen LogP contribution >= 0.6 is 0 Å². The van der Waals surface area contributed by atoms with Crippen LogP contribution in [-0.2, 0) is 4.79 Å². The Labute approximate surface area is 220 Å². The predicted octanol–water partition coefficient (Wildman–Crippen LogP) is 5.76. The molecule has 0 bridgehead atoms. The van der Waals surface area contributed by atoms with Crippen LogP contribution < -0.4 is 15.0 Å². The number of methoxy groups -OCH3 is 1. The Morgan fingerprint density at radius 3 is 2.47 bits per heavy atom. The minimum absolute atomic E-state index is 0.00211. The number of ether oxygens (including phenoxy) is 1. The third-order valence-electron chi connectivity index (χ3n) is 7.05. The third kappa shape index (κ3) is 4.38. The van der Waals surface area contributed by atoms with E-state index in [4.69, 9.17) is 4.74 Å². The molecule has 7 nitrogen and oxygen atoms in total. The Bertz CT molecular complexity index is 1500. The molecule has 1 atom stereocenters. The highest BCUT2D eigenvalue weighted by Crippen LogP contribution is 2.42. The van der Waals surface area contributed by atoms with Crippen molar-refractivity contribution in [2.75, 3.05) is 23.9 Å². The molecule has 6 rings (SSSR count). The molecule has 1 fully saturated rings. The first-order valence-corrected chi connectivity index (χ1v) is 12.6. The Morgan fingerprint density at radius 1 is 0.974 bits per heavy atom. The number of anilines is 2. The lowest BCUT2D eigenvalue weighted by atomic mass is 9.97. The average molecular weight is 511 g/mol. The summed E-state index contributed by atoms with van der Waals surface area (Å²) in [5.74, 6) is 0.0752. The van der Waals surface area contributed by atoms with Crippen LogP contribution in [0.4, 0.5) is 20.6 Å². The number of carbonyl (C=O) groups excluding carboxylic acids is 2. The number of nitrogens with zero attached hydrogens (tertiary/aromatic N) is 3. The molecule has 4 aromatic rings. The van der Waals surface area contributed by atoms with E-state index in [2.05, 4.69) is 9.88 Å². The molecule has 8 heteroatoms. The van der Waals surface area contributed by atoms with E-state index in [1.165, 1.54) is 12.1 Å². The van der Waals surface area contributed by atoms with E-state index >= 15 is 0 Å². The van der Waals surface area contributed by atoms with E-state index in [9.17, 15) is 14.0 Å². The fourth-order valence-electron chi connectivity index (χ4n) is 5.09. The topological polar surface area (TPSA) is 66.8 Å². The van der Waals surface area contributed by atoms with Crippen molar-refractivity contribution in [1.29, 1.82) is 0 Å². The van der Waals surface area contributed by atoms with Crippen LogP contribution in [0.25, 0.3) is 5.69 Å². The van der Waals surface area contributed by atoms with E-state index in [1.807, 2.05) is 42.6 Å². The van der Waals surface area contributed by atoms with Gasteiger partial charge in [0.1, 0.15) is 24.2 Å². The number of urea groups is 1. The molecule has 2 heterocycles. The van der Waals surface area contributed by atoms with Crippen LogP contribution in [0.3, 0.4) is 0 Å². The van der Waals surface area contributed by atoms with Crippen LogP contribution in [-0.4, -0.2) is 41.1 Å². The van der Waals surface area contributed by atoms with Crippen LogP contribution in [0.5, 0.6) is 5.75 Å². The number of hydrogen-bond acceptors (Lipinski definition) is 3. The fourth-order valence-corrected chi connectivity index (χ4v) is 5.09. The van der Waals surface area contributed by atoms with Gasteiger partial charge in [-0.3, -0.25) is 9.69 Å². The molecule has 1 aromatic heterocycles. The highest BCUT2D eigenvalue weighted by molar-refractivity contribution is 6.01. The summed E-state index contributed by atoms with van der Waals surface area (Å²) >= 11 is 0. The van der Waals surface area contributed by atoms with Crippen LogP contribution in [0, 0.1) is 5.82 Å². The molecule has 2 aliphatic rings. The molecule has 3 amide bonds. The number of rotatable bonds is 6. The van der Waals surface area contributed by atoms with Crippen molar-refractivity contribution in [3.05, 3.63) is 108 Å². The van der Waals surface area contributed by atoms with Gasteiger partial charge in [-0.2, -0.15) is 0 Å². The zero-order valence-electron chi connectivity index (χ0n) is 20.9. The molecule has 3 aromatic carbocycles. The Morgan fingerprint density at radius 2 is 1.74 bits per heavy atom. The van der Waals surface area contributed by atoms with Crippen molar-refractivity contribution in [3.8, 4) is 11.4 Å². The minimum atomic E-state index is -0.476. The second-order valence-corrected chi connectivity index (χ2v) is 9.53. The molecule has 1 saturated carbocycles. The van der Waals surface area contributed by atoms with Crippen LogP contribution in [0.1, 0.15) is 30.1 Å². The molecule has 1 aliphatic carbocycles. The molecule has 0 saturated heterocycles. The van der Waals surface area contributed by atoms with Crippen molar-refractivity contribution < 1.29 is 18.7 Å². The number of hydrogen-bond donors (Lipinski definition) is 1. The Balaban J connectivity index is 1.34. The van der Waals surface area contributed by atoms with Gasteiger partial charge in [-0.15, -0.1) is 0 Å². The maximum absolute atomic E-state index is 14.1. The van der Waals surface area contributed by atoms with E-state index < -0.39 is 6.04 Å². The van der Waals surface area contributed by atoms with Gasteiger partial charge < -0.3 is 19.5 Å². The molecule has 0 spiro atoms. The van der Waals surface area contributed by atoms with Crippen LogP contribution in [0.2, 0.25) is 0 Å². The van der Waals surface area contributed by atoms with Gasteiger partial charge in [0.2, 0.25) is 5.91 Å². The molecule has 1 N–H and O–H groups in total. The lowest BCUT2D eigenvalue weighted by molar-refractivity contribution is -0.119. The van der Waals surface area contributed by atoms with Gasteiger partial charge in [-0.05, 0) is 66.9 Å². The average Bonchev–Trinajstić information content (AvgIpc) is 3.66. The number of aromatic nitrogens is 1. The number of benzene rings is 3. The van der Waals surface area contributed by atoms with Gasteiger partial charge in [0.15, 0.2) is 0 Å². The minimum Gasteiger partial charge on any atom is -0.497 e. The van der Waals surface area contributed by atoms with Gasteiger partial charge in [0.05, 0.1) is 24.2 Å². The second kappa shape index (κ2) is 9.70. The number of amides is 3. The molecular weight excluding hydrogens is 483 g/mol. The first kappa shape index (κ1) is 23.8. The highest BCUT2D eigenvalue weighted by Gasteiger charge is 2.40. The molecule has 1 aliphatic heterocycles. The smallest absolute Gasteiger partial charge is 0.322 e. The maximum atomic E-state index is 14.1. The maximum Gasteiger partial charge on any atom is 0.322 e. The molecule has 0 radical (unpaired) electrons. The van der Waals surface area contributed by atoms with Crippen molar-refractivity contribution in [3.63, 3.8) is 0 Å². The summed E-state index contributed by atoms with van der Waals surface area (Å²) in [5, 5.41) is 2.92. The Kier molecular flexibility index (Phi) is 6.07. The van der Waals surface area contributed by atoms with Gasteiger partial charge in [0.25, 0.3) is 0 Å². The first-order chi connectivity index (χ1) is 18.5. The first-order valence-electron chi connectivity index (χ1n) is 12.6. The third-order valence-corrected chi connectivity index (χ3v) is 7.05. The summed E-state index contributed by atoms with van der Waals surface area (Å²) in [5.41, 5.74) is 3.88. The normalized spacial score (nSPS) is 15.8. The lowest BCUT2D eigenvalue weighted by Crippen LogP contribution is -2.48. The van der Waals surface area contributed by atoms with Gasteiger partial charge in [-0.1, -0.05) is 30.3 Å². The van der Waals surface area contributed by atoms with Crippen molar-refractivity contribution in [2.24, 2.45) is 0 Å². The predicted molar refractivity (Wildman–Crippen MR) is 143 cm³/mol. The molecular formula is C30H27FN4O3. The monoisotopic (exact) mass is 510 g/mol. The largest absolute Gasteiger partial charge is 0.497 e. The Hall–Kier alpha value is -4.59. The van der Waals surface area contributed by atoms with Crippen molar-refractivity contribution >= 4 is 23.3 Å². The summed E-state index contributed by atoms with van der Waals surface area (Å²) in [6, 6.07) is 24.2.